The molecule has 132 valence electrons. The van der Waals surface area contributed by atoms with Gasteiger partial charge in [0.15, 0.2) is 0 Å². The van der Waals surface area contributed by atoms with Crippen molar-refractivity contribution in [3.63, 3.8) is 0 Å². The van der Waals surface area contributed by atoms with E-state index < -0.39 is 0 Å². The number of hydrogen-bond acceptors (Lipinski definition) is 3. The third-order valence-electron chi connectivity index (χ3n) is 4.63. The van der Waals surface area contributed by atoms with Crippen molar-refractivity contribution in [2.24, 2.45) is 5.92 Å². The minimum absolute atomic E-state index is 0.0474. The molecule has 2 rings (SSSR count). The lowest BCUT2D eigenvalue weighted by Gasteiger charge is -2.14. The van der Waals surface area contributed by atoms with Gasteiger partial charge in [0, 0.05) is 12.1 Å². The van der Waals surface area contributed by atoms with Crippen LogP contribution in [0.1, 0.15) is 51.0 Å². The van der Waals surface area contributed by atoms with Crippen molar-refractivity contribution in [2.75, 3.05) is 11.9 Å². The molecule has 5 nitrogen and oxygen atoms in total. The maximum atomic E-state index is 12.0. The molecule has 2 amide bonds. The van der Waals surface area contributed by atoms with Gasteiger partial charge in [-0.3, -0.25) is 9.59 Å². The van der Waals surface area contributed by atoms with Gasteiger partial charge < -0.3 is 15.7 Å². The van der Waals surface area contributed by atoms with Crippen LogP contribution in [0, 0.1) is 5.92 Å². The standard InChI is InChI=1S/C19H28N2O3/c1-2-16(13-22)20-18(23)12-15-7-9-17(10-8-15)21-19(24)11-14-5-3-4-6-14/h7-10,14,16,22H,2-6,11-13H2,1H3,(H,20,23)(H,21,24). The van der Waals surface area contributed by atoms with E-state index in [4.69, 9.17) is 5.11 Å². The van der Waals surface area contributed by atoms with E-state index in [9.17, 15) is 9.59 Å². The predicted molar refractivity (Wildman–Crippen MR) is 94.7 cm³/mol. The summed E-state index contributed by atoms with van der Waals surface area (Å²) in [6.07, 6.45) is 6.38. The van der Waals surface area contributed by atoms with Crippen LogP contribution in [0.4, 0.5) is 5.69 Å². The second-order valence-electron chi connectivity index (χ2n) is 6.63. The van der Waals surface area contributed by atoms with Crippen LogP contribution < -0.4 is 10.6 Å². The maximum Gasteiger partial charge on any atom is 0.224 e. The lowest BCUT2D eigenvalue weighted by atomic mass is 10.0. The third-order valence-corrected chi connectivity index (χ3v) is 4.63. The fourth-order valence-electron chi connectivity index (χ4n) is 3.14. The van der Waals surface area contributed by atoms with Gasteiger partial charge in [0.1, 0.15) is 0 Å². The topological polar surface area (TPSA) is 78.4 Å². The summed E-state index contributed by atoms with van der Waals surface area (Å²) in [6, 6.07) is 7.18. The first-order valence-corrected chi connectivity index (χ1v) is 8.89. The fraction of sp³-hybridized carbons (Fsp3) is 0.579. The van der Waals surface area contributed by atoms with Crippen molar-refractivity contribution >= 4 is 17.5 Å². The third kappa shape index (κ3) is 5.96. The summed E-state index contributed by atoms with van der Waals surface area (Å²) < 4.78 is 0. The van der Waals surface area contributed by atoms with Crippen molar-refractivity contribution in [3.8, 4) is 0 Å². The smallest absolute Gasteiger partial charge is 0.224 e. The molecule has 0 aliphatic heterocycles. The molecule has 1 atom stereocenters. The molecule has 5 heteroatoms. The zero-order valence-corrected chi connectivity index (χ0v) is 14.4. The van der Waals surface area contributed by atoms with Gasteiger partial charge in [0.2, 0.25) is 11.8 Å². The Morgan fingerprint density at radius 1 is 1.17 bits per heavy atom. The number of benzene rings is 1. The largest absolute Gasteiger partial charge is 0.394 e. The van der Waals surface area contributed by atoms with Gasteiger partial charge in [-0.1, -0.05) is 31.9 Å². The Kier molecular flexibility index (Phi) is 7.25. The SMILES string of the molecule is CCC(CO)NC(=O)Cc1ccc(NC(=O)CC2CCCC2)cc1. The Labute approximate surface area is 143 Å². The summed E-state index contributed by atoms with van der Waals surface area (Å²) in [6.45, 7) is 1.87. The van der Waals surface area contributed by atoms with Gasteiger partial charge >= 0.3 is 0 Å². The van der Waals surface area contributed by atoms with Crippen LogP contribution in [-0.4, -0.2) is 29.6 Å². The molecule has 0 aromatic heterocycles. The molecule has 1 aromatic carbocycles. The zero-order chi connectivity index (χ0) is 17.4. The molecule has 1 aliphatic rings. The molecule has 0 heterocycles. The van der Waals surface area contributed by atoms with Gasteiger partial charge in [-0.25, -0.2) is 0 Å². The normalized spacial score (nSPS) is 15.9. The minimum Gasteiger partial charge on any atom is -0.394 e. The number of nitrogens with one attached hydrogen (secondary N) is 2. The van der Waals surface area contributed by atoms with E-state index in [1.54, 1.807) is 0 Å². The number of aliphatic hydroxyl groups excluding tert-OH is 1. The van der Waals surface area contributed by atoms with Crippen LogP contribution in [0.2, 0.25) is 0 Å². The molecule has 1 unspecified atom stereocenters. The quantitative estimate of drug-likeness (QED) is 0.685. The first kappa shape index (κ1) is 18.5. The first-order chi connectivity index (χ1) is 11.6. The summed E-state index contributed by atoms with van der Waals surface area (Å²) in [5.74, 6) is 0.501. The van der Waals surface area contributed by atoms with E-state index in [0.29, 0.717) is 18.8 Å². The Hall–Kier alpha value is -1.88. The van der Waals surface area contributed by atoms with E-state index in [-0.39, 0.29) is 30.9 Å². The average molecular weight is 332 g/mol. The van der Waals surface area contributed by atoms with E-state index in [1.807, 2.05) is 31.2 Å². The number of carbonyl (C=O) groups excluding carboxylic acids is 2. The van der Waals surface area contributed by atoms with Crippen LogP contribution in [-0.2, 0) is 16.0 Å². The Bertz CT molecular complexity index is 495. The molecule has 1 aliphatic carbocycles. The van der Waals surface area contributed by atoms with Crippen LogP contribution in [0.25, 0.3) is 0 Å². The highest BCUT2D eigenvalue weighted by molar-refractivity contribution is 5.91. The number of carbonyl (C=O) groups is 2. The first-order valence-electron chi connectivity index (χ1n) is 8.89. The lowest BCUT2D eigenvalue weighted by molar-refractivity contribution is -0.121. The molecule has 0 bridgehead atoms. The van der Waals surface area contributed by atoms with E-state index in [0.717, 1.165) is 24.1 Å². The maximum absolute atomic E-state index is 12.0. The number of aliphatic hydroxyl groups is 1. The molecular formula is C19H28N2O3. The van der Waals surface area contributed by atoms with Crippen LogP contribution in [0.15, 0.2) is 24.3 Å². The van der Waals surface area contributed by atoms with Gasteiger partial charge in [-0.15, -0.1) is 0 Å². The van der Waals surface area contributed by atoms with Gasteiger partial charge in [-0.05, 0) is 42.9 Å². The van der Waals surface area contributed by atoms with Crippen LogP contribution in [0.5, 0.6) is 0 Å². The van der Waals surface area contributed by atoms with Crippen molar-refractivity contribution in [1.82, 2.24) is 5.32 Å². The lowest BCUT2D eigenvalue weighted by Crippen LogP contribution is -2.37. The van der Waals surface area contributed by atoms with Gasteiger partial charge in [0.05, 0.1) is 19.1 Å². The van der Waals surface area contributed by atoms with E-state index >= 15 is 0 Å². The number of amides is 2. The molecule has 3 N–H and O–H groups in total. The van der Waals surface area contributed by atoms with Crippen molar-refractivity contribution in [3.05, 3.63) is 29.8 Å². The van der Waals surface area contributed by atoms with Crippen molar-refractivity contribution < 1.29 is 14.7 Å². The molecule has 1 fully saturated rings. The number of anilines is 1. The molecule has 24 heavy (non-hydrogen) atoms. The summed E-state index contributed by atoms with van der Waals surface area (Å²) >= 11 is 0. The second-order valence-corrected chi connectivity index (χ2v) is 6.63. The fourth-order valence-corrected chi connectivity index (χ4v) is 3.14. The number of rotatable bonds is 8. The molecule has 1 saturated carbocycles. The predicted octanol–water partition coefficient (Wildman–Crippen LogP) is 2.63. The molecule has 0 saturated heterocycles. The second kappa shape index (κ2) is 9.42. The monoisotopic (exact) mass is 332 g/mol. The highest BCUT2D eigenvalue weighted by Gasteiger charge is 2.18. The van der Waals surface area contributed by atoms with E-state index in [2.05, 4.69) is 10.6 Å². The molecule has 1 aromatic rings. The number of hydrogen-bond donors (Lipinski definition) is 3. The van der Waals surface area contributed by atoms with Gasteiger partial charge in [-0.2, -0.15) is 0 Å². The van der Waals surface area contributed by atoms with Crippen LogP contribution >= 0.6 is 0 Å². The molecule has 0 radical (unpaired) electrons. The van der Waals surface area contributed by atoms with Crippen molar-refractivity contribution in [1.29, 1.82) is 0 Å². The Morgan fingerprint density at radius 2 is 1.83 bits per heavy atom. The zero-order valence-electron chi connectivity index (χ0n) is 14.4. The average Bonchev–Trinajstić information content (AvgIpc) is 3.07. The highest BCUT2D eigenvalue weighted by Crippen LogP contribution is 2.27. The Morgan fingerprint density at radius 3 is 2.42 bits per heavy atom. The highest BCUT2D eigenvalue weighted by atomic mass is 16.3. The summed E-state index contributed by atoms with van der Waals surface area (Å²) in [5, 5.41) is 14.8. The minimum atomic E-state index is -0.188. The molecule has 0 spiro atoms. The Balaban J connectivity index is 1.79. The van der Waals surface area contributed by atoms with Crippen molar-refractivity contribution in [2.45, 2.75) is 57.9 Å². The molecular weight excluding hydrogens is 304 g/mol. The van der Waals surface area contributed by atoms with E-state index in [1.165, 1.54) is 12.8 Å². The van der Waals surface area contributed by atoms with Crippen LogP contribution in [0.3, 0.4) is 0 Å². The summed E-state index contributed by atoms with van der Waals surface area (Å²) in [7, 11) is 0. The summed E-state index contributed by atoms with van der Waals surface area (Å²) in [5.41, 5.74) is 1.65. The van der Waals surface area contributed by atoms with Gasteiger partial charge in [0.25, 0.3) is 0 Å². The summed E-state index contributed by atoms with van der Waals surface area (Å²) in [4.78, 5) is 23.9.